The lowest BCUT2D eigenvalue weighted by molar-refractivity contribution is 0.0769. The summed E-state index contributed by atoms with van der Waals surface area (Å²) in [5.41, 5.74) is 1.18. The van der Waals surface area contributed by atoms with Crippen LogP contribution in [0.15, 0.2) is 47.1 Å². The second-order valence-corrected chi connectivity index (χ2v) is 8.50. The highest BCUT2D eigenvalue weighted by atomic mass is 16.5. The van der Waals surface area contributed by atoms with Gasteiger partial charge in [0, 0.05) is 30.7 Å². The number of hydrogen-bond acceptors (Lipinski definition) is 5. The number of hydrogen-bond donors (Lipinski definition) is 0. The number of likely N-dealkylation sites (tertiary alicyclic amines) is 1. The Morgan fingerprint density at radius 1 is 1.10 bits per heavy atom. The lowest BCUT2D eigenvalue weighted by Crippen LogP contribution is -2.30. The van der Waals surface area contributed by atoms with Crippen LogP contribution in [0.2, 0.25) is 0 Å². The number of rotatable bonds is 5. The smallest absolute Gasteiger partial charge is 0.276 e. The number of ether oxygens (including phenoxy) is 1. The van der Waals surface area contributed by atoms with Gasteiger partial charge in [-0.25, -0.2) is 0 Å². The van der Waals surface area contributed by atoms with E-state index < -0.39 is 0 Å². The molecule has 0 spiro atoms. The topological polar surface area (TPSA) is 68.5 Å². The second kappa shape index (κ2) is 8.46. The van der Waals surface area contributed by atoms with Crippen LogP contribution >= 0.6 is 0 Å². The van der Waals surface area contributed by atoms with Crippen LogP contribution in [0.3, 0.4) is 0 Å². The molecule has 1 aliphatic carbocycles. The normalized spacial score (nSPS) is 20.0. The van der Waals surface area contributed by atoms with E-state index in [4.69, 9.17) is 9.26 Å². The monoisotopic (exact) mass is 405 g/mol. The van der Waals surface area contributed by atoms with E-state index in [9.17, 15) is 4.79 Å². The van der Waals surface area contributed by atoms with Crippen LogP contribution in [0.1, 0.15) is 54.8 Å². The summed E-state index contributed by atoms with van der Waals surface area (Å²) in [5, 5.41) is 5.03. The molecule has 5 rings (SSSR count). The SMILES string of the molecule is O=C(c1cc(COc2cccc3cccnc23)on1)N1CCC(C2CCCCC2)C1. The molecule has 0 N–H and O–H groups in total. The summed E-state index contributed by atoms with van der Waals surface area (Å²) in [6, 6.07) is 11.4. The maximum atomic E-state index is 12.9. The molecular formula is C24H27N3O3. The van der Waals surface area contributed by atoms with Gasteiger partial charge in [0.1, 0.15) is 17.9 Å². The zero-order valence-electron chi connectivity index (χ0n) is 17.1. The van der Waals surface area contributed by atoms with Crippen molar-refractivity contribution in [2.24, 2.45) is 11.8 Å². The first-order valence-electron chi connectivity index (χ1n) is 11.0. The fourth-order valence-corrected chi connectivity index (χ4v) is 4.95. The number of amides is 1. The van der Waals surface area contributed by atoms with E-state index in [0.717, 1.165) is 36.3 Å². The van der Waals surface area contributed by atoms with E-state index in [1.165, 1.54) is 32.1 Å². The Kier molecular flexibility index (Phi) is 5.39. The molecule has 156 valence electrons. The Morgan fingerprint density at radius 3 is 2.87 bits per heavy atom. The molecule has 3 aromatic rings. The molecule has 6 heteroatoms. The molecule has 2 aromatic heterocycles. The lowest BCUT2D eigenvalue weighted by Gasteiger charge is -2.27. The minimum absolute atomic E-state index is 0.0323. The van der Waals surface area contributed by atoms with Gasteiger partial charge in [-0.1, -0.05) is 55.5 Å². The van der Waals surface area contributed by atoms with Gasteiger partial charge in [0.15, 0.2) is 11.5 Å². The lowest BCUT2D eigenvalue weighted by atomic mass is 9.80. The summed E-state index contributed by atoms with van der Waals surface area (Å²) in [7, 11) is 0. The van der Waals surface area contributed by atoms with Gasteiger partial charge in [0.25, 0.3) is 5.91 Å². The minimum Gasteiger partial charge on any atom is -0.483 e. The molecular weight excluding hydrogens is 378 g/mol. The Hall–Kier alpha value is -2.89. The van der Waals surface area contributed by atoms with Crippen LogP contribution in [0.5, 0.6) is 5.75 Å². The Balaban J connectivity index is 1.20. The van der Waals surface area contributed by atoms with Gasteiger partial charge in [0.2, 0.25) is 0 Å². The van der Waals surface area contributed by atoms with Gasteiger partial charge in [0.05, 0.1) is 0 Å². The van der Waals surface area contributed by atoms with Gasteiger partial charge < -0.3 is 14.2 Å². The Morgan fingerprint density at radius 2 is 1.97 bits per heavy atom. The molecule has 1 atom stereocenters. The average molecular weight is 405 g/mol. The Bertz CT molecular complexity index is 1020. The largest absolute Gasteiger partial charge is 0.483 e. The van der Waals surface area contributed by atoms with E-state index in [1.807, 2.05) is 35.2 Å². The Labute approximate surface area is 176 Å². The number of carbonyl (C=O) groups is 1. The maximum Gasteiger partial charge on any atom is 0.276 e. The van der Waals surface area contributed by atoms with E-state index in [0.29, 0.717) is 23.1 Å². The quantitative estimate of drug-likeness (QED) is 0.607. The molecule has 0 radical (unpaired) electrons. The van der Waals surface area contributed by atoms with E-state index in [2.05, 4.69) is 10.1 Å². The summed E-state index contributed by atoms with van der Waals surface area (Å²) in [6.07, 6.45) is 9.55. The summed E-state index contributed by atoms with van der Waals surface area (Å²) in [5.74, 6) is 2.62. The molecule has 1 saturated heterocycles. The number of para-hydroxylation sites is 1. The van der Waals surface area contributed by atoms with Crippen molar-refractivity contribution in [2.75, 3.05) is 13.1 Å². The number of nitrogens with zero attached hydrogens (tertiary/aromatic N) is 3. The zero-order chi connectivity index (χ0) is 20.3. The van der Waals surface area contributed by atoms with Gasteiger partial charge >= 0.3 is 0 Å². The van der Waals surface area contributed by atoms with Crippen molar-refractivity contribution in [2.45, 2.75) is 45.1 Å². The second-order valence-electron chi connectivity index (χ2n) is 8.50. The predicted octanol–water partition coefficient (Wildman–Crippen LogP) is 4.84. The van der Waals surface area contributed by atoms with Crippen LogP contribution in [0.25, 0.3) is 10.9 Å². The number of aromatic nitrogens is 2. The van der Waals surface area contributed by atoms with Crippen molar-refractivity contribution in [1.29, 1.82) is 0 Å². The summed E-state index contributed by atoms with van der Waals surface area (Å²) < 4.78 is 11.3. The first kappa shape index (κ1) is 19.1. The molecule has 1 amide bonds. The van der Waals surface area contributed by atoms with Crippen molar-refractivity contribution in [3.8, 4) is 5.75 Å². The number of carbonyl (C=O) groups excluding carboxylic acids is 1. The van der Waals surface area contributed by atoms with Gasteiger partial charge in [-0.15, -0.1) is 0 Å². The number of pyridine rings is 1. The van der Waals surface area contributed by atoms with Crippen LogP contribution in [0.4, 0.5) is 0 Å². The molecule has 1 unspecified atom stereocenters. The molecule has 6 nitrogen and oxygen atoms in total. The minimum atomic E-state index is -0.0323. The first-order valence-corrected chi connectivity index (χ1v) is 11.0. The molecule has 2 aliphatic rings. The zero-order valence-corrected chi connectivity index (χ0v) is 17.1. The fourth-order valence-electron chi connectivity index (χ4n) is 4.95. The molecule has 1 saturated carbocycles. The van der Waals surface area contributed by atoms with E-state index in [1.54, 1.807) is 12.3 Å². The fraction of sp³-hybridized carbons (Fsp3) is 0.458. The third-order valence-electron chi connectivity index (χ3n) is 6.57. The van der Waals surface area contributed by atoms with Gasteiger partial charge in [-0.05, 0) is 30.4 Å². The molecule has 1 aliphatic heterocycles. The molecule has 1 aromatic carbocycles. The van der Waals surface area contributed by atoms with E-state index in [-0.39, 0.29) is 12.5 Å². The molecule has 30 heavy (non-hydrogen) atoms. The summed E-state index contributed by atoms with van der Waals surface area (Å²) in [4.78, 5) is 19.2. The van der Waals surface area contributed by atoms with Gasteiger partial charge in [-0.2, -0.15) is 0 Å². The van der Waals surface area contributed by atoms with Crippen molar-refractivity contribution in [1.82, 2.24) is 15.0 Å². The van der Waals surface area contributed by atoms with Crippen molar-refractivity contribution >= 4 is 16.8 Å². The van der Waals surface area contributed by atoms with Crippen LogP contribution in [-0.4, -0.2) is 34.0 Å². The highest BCUT2D eigenvalue weighted by Crippen LogP contribution is 2.35. The molecule has 2 fully saturated rings. The number of fused-ring (bicyclic) bond motifs is 1. The summed E-state index contributed by atoms with van der Waals surface area (Å²) in [6.45, 7) is 1.88. The molecule has 0 bridgehead atoms. The third kappa shape index (κ3) is 3.91. The average Bonchev–Trinajstić information content (AvgIpc) is 3.48. The van der Waals surface area contributed by atoms with Crippen LogP contribution in [-0.2, 0) is 6.61 Å². The highest BCUT2D eigenvalue weighted by Gasteiger charge is 2.33. The van der Waals surface area contributed by atoms with Crippen molar-refractivity contribution < 1.29 is 14.1 Å². The van der Waals surface area contributed by atoms with Crippen molar-refractivity contribution in [3.63, 3.8) is 0 Å². The number of benzene rings is 1. The first-order chi connectivity index (χ1) is 14.8. The standard InChI is InChI=1S/C24H27N3O3/c28-24(27-13-11-19(15-27)17-6-2-1-3-7-17)21-14-20(30-26-21)16-29-22-10-4-8-18-9-5-12-25-23(18)22/h4-5,8-10,12,14,17,19H,1-3,6-7,11,13,15-16H2. The maximum absolute atomic E-state index is 12.9. The summed E-state index contributed by atoms with van der Waals surface area (Å²) >= 11 is 0. The third-order valence-corrected chi connectivity index (χ3v) is 6.57. The highest BCUT2D eigenvalue weighted by molar-refractivity contribution is 5.92. The van der Waals surface area contributed by atoms with Crippen LogP contribution < -0.4 is 4.74 Å². The van der Waals surface area contributed by atoms with Gasteiger partial charge in [-0.3, -0.25) is 9.78 Å². The predicted molar refractivity (Wildman–Crippen MR) is 113 cm³/mol. The van der Waals surface area contributed by atoms with E-state index >= 15 is 0 Å². The van der Waals surface area contributed by atoms with Crippen LogP contribution in [0, 0.1) is 11.8 Å². The van der Waals surface area contributed by atoms with Crippen molar-refractivity contribution in [3.05, 3.63) is 54.0 Å². The molecule has 3 heterocycles.